The van der Waals surface area contributed by atoms with Crippen molar-refractivity contribution < 1.29 is 18.8 Å². The third-order valence-electron chi connectivity index (χ3n) is 2.83. The lowest BCUT2D eigenvalue weighted by molar-refractivity contribution is 0.0697. The van der Waals surface area contributed by atoms with E-state index in [4.69, 9.17) is 9.63 Å². The number of carbonyl (C=O) groups is 1. The van der Waals surface area contributed by atoms with Gasteiger partial charge in [0.15, 0.2) is 5.76 Å². The summed E-state index contributed by atoms with van der Waals surface area (Å²) >= 11 is 0. The van der Waals surface area contributed by atoms with Gasteiger partial charge in [0.1, 0.15) is 11.3 Å². The Hall–Kier alpha value is -2.69. The molecule has 0 saturated heterocycles. The van der Waals surface area contributed by atoms with E-state index in [2.05, 4.69) is 5.16 Å². The molecule has 19 heavy (non-hydrogen) atoms. The normalized spacial score (nSPS) is 10.8. The van der Waals surface area contributed by atoms with Gasteiger partial charge in [0, 0.05) is 5.56 Å². The van der Waals surface area contributed by atoms with E-state index < -0.39 is 5.97 Å². The van der Waals surface area contributed by atoms with E-state index in [0.717, 1.165) is 0 Å². The molecule has 0 saturated carbocycles. The molecule has 0 radical (unpaired) electrons. The van der Waals surface area contributed by atoms with Gasteiger partial charge in [-0.1, -0.05) is 5.16 Å². The van der Waals surface area contributed by atoms with Crippen LogP contribution in [0.3, 0.4) is 0 Å². The number of aromatic carboxylic acids is 1. The number of hydrogen-bond acceptors (Lipinski definition) is 3. The molecule has 3 aromatic rings. The molecule has 1 heterocycles. The zero-order valence-corrected chi connectivity index (χ0v) is 9.63. The first kappa shape index (κ1) is 11.4. The van der Waals surface area contributed by atoms with Gasteiger partial charge in [0.05, 0.1) is 10.9 Å². The van der Waals surface area contributed by atoms with Crippen molar-refractivity contribution in [1.82, 2.24) is 5.16 Å². The lowest BCUT2D eigenvalue weighted by Crippen LogP contribution is -1.94. The van der Waals surface area contributed by atoms with Gasteiger partial charge in [-0.3, -0.25) is 0 Å². The zero-order valence-electron chi connectivity index (χ0n) is 9.63. The maximum absolute atomic E-state index is 12.9. The summed E-state index contributed by atoms with van der Waals surface area (Å²) in [4.78, 5) is 11.0. The number of rotatable bonds is 2. The minimum absolute atomic E-state index is 0.152. The van der Waals surface area contributed by atoms with Crippen molar-refractivity contribution in [2.75, 3.05) is 0 Å². The van der Waals surface area contributed by atoms with E-state index in [0.29, 0.717) is 22.2 Å². The van der Waals surface area contributed by atoms with Gasteiger partial charge in [0.2, 0.25) is 0 Å². The molecular weight excluding hydrogens is 249 g/mol. The van der Waals surface area contributed by atoms with Crippen molar-refractivity contribution in [2.24, 2.45) is 0 Å². The van der Waals surface area contributed by atoms with Crippen molar-refractivity contribution in [3.05, 3.63) is 53.8 Å². The molecule has 1 N–H and O–H groups in total. The van der Waals surface area contributed by atoms with Gasteiger partial charge in [-0.05, 0) is 42.5 Å². The third-order valence-corrected chi connectivity index (χ3v) is 2.83. The average Bonchev–Trinajstić information content (AvgIpc) is 2.82. The van der Waals surface area contributed by atoms with Crippen LogP contribution in [0, 0.1) is 5.82 Å². The summed E-state index contributed by atoms with van der Waals surface area (Å²) in [5, 5.41) is 13.4. The quantitative estimate of drug-likeness (QED) is 0.764. The van der Waals surface area contributed by atoms with Crippen LogP contribution in [0.2, 0.25) is 0 Å². The Kier molecular flexibility index (Phi) is 2.52. The van der Waals surface area contributed by atoms with Crippen LogP contribution < -0.4 is 0 Å². The van der Waals surface area contributed by atoms with Crippen LogP contribution in [0.5, 0.6) is 0 Å². The number of nitrogens with zero attached hydrogens (tertiary/aromatic N) is 1. The Morgan fingerprint density at radius 3 is 2.58 bits per heavy atom. The van der Waals surface area contributed by atoms with Crippen molar-refractivity contribution in [1.29, 1.82) is 0 Å². The molecule has 0 fully saturated rings. The lowest BCUT2D eigenvalue weighted by atomic mass is 10.1. The van der Waals surface area contributed by atoms with Gasteiger partial charge >= 0.3 is 5.97 Å². The number of benzene rings is 2. The van der Waals surface area contributed by atoms with Crippen molar-refractivity contribution in [2.45, 2.75) is 0 Å². The highest BCUT2D eigenvalue weighted by Gasteiger charge is 2.13. The zero-order chi connectivity index (χ0) is 13.4. The standard InChI is InChI=1S/C14H8FNO3/c15-10-4-1-8(2-5-10)13-11-7-9(14(17)18)3-6-12(11)16-19-13/h1-7H,(H,17,18). The molecule has 2 aromatic carbocycles. The van der Waals surface area contributed by atoms with Gasteiger partial charge in [-0.15, -0.1) is 0 Å². The maximum Gasteiger partial charge on any atom is 0.335 e. The number of carboxylic acids is 1. The van der Waals surface area contributed by atoms with Crippen molar-refractivity contribution >= 4 is 16.9 Å². The number of halogens is 1. The summed E-state index contributed by atoms with van der Waals surface area (Å²) in [7, 11) is 0. The average molecular weight is 257 g/mol. The molecule has 0 amide bonds. The van der Waals surface area contributed by atoms with Gasteiger partial charge in [0.25, 0.3) is 0 Å². The molecule has 0 spiro atoms. The first-order valence-corrected chi connectivity index (χ1v) is 5.54. The molecule has 0 atom stereocenters. The van der Waals surface area contributed by atoms with E-state index in [-0.39, 0.29) is 11.4 Å². The van der Waals surface area contributed by atoms with Crippen LogP contribution in [0.15, 0.2) is 47.0 Å². The molecule has 94 valence electrons. The Balaban J connectivity index is 2.21. The van der Waals surface area contributed by atoms with E-state index in [9.17, 15) is 9.18 Å². The Morgan fingerprint density at radius 1 is 1.16 bits per heavy atom. The van der Waals surface area contributed by atoms with Gasteiger partial charge in [-0.2, -0.15) is 0 Å². The first-order valence-electron chi connectivity index (χ1n) is 5.54. The predicted octanol–water partition coefficient (Wildman–Crippen LogP) is 3.33. The molecule has 0 bridgehead atoms. The fourth-order valence-electron chi connectivity index (χ4n) is 1.88. The monoisotopic (exact) mass is 257 g/mol. The third kappa shape index (κ3) is 1.95. The highest BCUT2D eigenvalue weighted by atomic mass is 19.1. The molecule has 4 nitrogen and oxygen atoms in total. The molecule has 3 rings (SSSR count). The van der Waals surface area contributed by atoms with Crippen LogP contribution in [-0.4, -0.2) is 16.2 Å². The predicted molar refractivity (Wildman–Crippen MR) is 66.4 cm³/mol. The van der Waals surface area contributed by atoms with E-state index in [1.807, 2.05) is 0 Å². The lowest BCUT2D eigenvalue weighted by Gasteiger charge is -1.97. The number of carboxylic acid groups (broad SMARTS) is 1. The number of fused-ring (bicyclic) bond motifs is 1. The SMILES string of the molecule is O=C(O)c1ccc2noc(-c3ccc(F)cc3)c2c1. The Labute approximate surface area is 107 Å². The summed E-state index contributed by atoms with van der Waals surface area (Å²) < 4.78 is 18.1. The number of hydrogen-bond donors (Lipinski definition) is 1. The van der Waals surface area contributed by atoms with E-state index in [1.54, 1.807) is 18.2 Å². The molecule has 0 aliphatic carbocycles. The molecule has 0 aliphatic rings. The Morgan fingerprint density at radius 2 is 1.89 bits per heavy atom. The largest absolute Gasteiger partial charge is 0.478 e. The number of aromatic nitrogens is 1. The van der Waals surface area contributed by atoms with Crippen LogP contribution in [0.25, 0.3) is 22.2 Å². The second-order valence-corrected chi connectivity index (χ2v) is 4.06. The molecule has 0 aliphatic heterocycles. The highest BCUT2D eigenvalue weighted by molar-refractivity contribution is 5.98. The highest BCUT2D eigenvalue weighted by Crippen LogP contribution is 2.29. The summed E-state index contributed by atoms with van der Waals surface area (Å²) in [6, 6.07) is 10.3. The van der Waals surface area contributed by atoms with Crippen LogP contribution in [-0.2, 0) is 0 Å². The van der Waals surface area contributed by atoms with Crippen LogP contribution in [0.4, 0.5) is 4.39 Å². The summed E-state index contributed by atoms with van der Waals surface area (Å²) in [5.41, 5.74) is 1.36. The van der Waals surface area contributed by atoms with Crippen molar-refractivity contribution in [3.8, 4) is 11.3 Å². The molecule has 0 unspecified atom stereocenters. The van der Waals surface area contributed by atoms with Crippen LogP contribution in [0.1, 0.15) is 10.4 Å². The molecule has 5 heteroatoms. The van der Waals surface area contributed by atoms with Gasteiger partial charge in [-0.25, -0.2) is 9.18 Å². The topological polar surface area (TPSA) is 63.3 Å². The fraction of sp³-hybridized carbons (Fsp3) is 0. The fourth-order valence-corrected chi connectivity index (χ4v) is 1.88. The smallest absolute Gasteiger partial charge is 0.335 e. The molecular formula is C14H8FNO3. The van der Waals surface area contributed by atoms with Gasteiger partial charge < -0.3 is 9.63 Å². The van der Waals surface area contributed by atoms with Crippen molar-refractivity contribution in [3.63, 3.8) is 0 Å². The maximum atomic E-state index is 12.9. The minimum atomic E-state index is -1.02. The second-order valence-electron chi connectivity index (χ2n) is 4.06. The van der Waals surface area contributed by atoms with Crippen LogP contribution >= 0.6 is 0 Å². The van der Waals surface area contributed by atoms with E-state index >= 15 is 0 Å². The second kappa shape index (κ2) is 4.20. The summed E-state index contributed by atoms with van der Waals surface area (Å²) in [5.74, 6) is -0.940. The summed E-state index contributed by atoms with van der Waals surface area (Å²) in [6.07, 6.45) is 0. The summed E-state index contributed by atoms with van der Waals surface area (Å²) in [6.45, 7) is 0. The molecule has 1 aromatic heterocycles. The Bertz CT molecular complexity index is 762. The minimum Gasteiger partial charge on any atom is -0.478 e. The first-order chi connectivity index (χ1) is 9.15. The van der Waals surface area contributed by atoms with E-state index in [1.165, 1.54) is 24.3 Å².